The lowest BCUT2D eigenvalue weighted by atomic mass is 9.89. The van der Waals surface area contributed by atoms with Crippen molar-refractivity contribution in [3.8, 4) is 0 Å². The molecule has 1 aliphatic carbocycles. The van der Waals surface area contributed by atoms with Crippen molar-refractivity contribution >= 4 is 11.8 Å². The van der Waals surface area contributed by atoms with Gasteiger partial charge in [0.1, 0.15) is 0 Å². The van der Waals surface area contributed by atoms with Crippen molar-refractivity contribution in [2.24, 2.45) is 0 Å². The zero-order valence-corrected chi connectivity index (χ0v) is 10.8. The second-order valence-corrected chi connectivity index (χ2v) is 4.94. The minimum atomic E-state index is -0.299. The van der Waals surface area contributed by atoms with Gasteiger partial charge in [-0.3, -0.25) is 9.59 Å². The SMILES string of the molecule is Cc1cccc(C(=O)NCC(=O)NC2CC(O)C2)c1. The number of aliphatic hydroxyl groups is 1. The Labute approximate surface area is 112 Å². The van der Waals surface area contributed by atoms with Crippen LogP contribution in [0.5, 0.6) is 0 Å². The summed E-state index contributed by atoms with van der Waals surface area (Å²) in [4.78, 5) is 23.3. The summed E-state index contributed by atoms with van der Waals surface area (Å²) in [5.74, 6) is -0.481. The average Bonchev–Trinajstić information content (AvgIpc) is 2.34. The van der Waals surface area contributed by atoms with Gasteiger partial charge < -0.3 is 15.7 Å². The molecule has 2 amide bonds. The predicted octanol–water partition coefficient (Wildman–Crippen LogP) is 0.364. The summed E-state index contributed by atoms with van der Waals surface area (Å²) in [5, 5.41) is 14.4. The number of nitrogens with one attached hydrogen (secondary N) is 2. The third-order valence-electron chi connectivity index (χ3n) is 3.17. The van der Waals surface area contributed by atoms with Crippen molar-refractivity contribution in [2.75, 3.05) is 6.54 Å². The minimum Gasteiger partial charge on any atom is -0.393 e. The van der Waals surface area contributed by atoms with Crippen LogP contribution in [0.25, 0.3) is 0 Å². The third kappa shape index (κ3) is 3.79. The largest absolute Gasteiger partial charge is 0.393 e. The van der Waals surface area contributed by atoms with Crippen molar-refractivity contribution in [2.45, 2.75) is 31.9 Å². The highest BCUT2D eigenvalue weighted by molar-refractivity contribution is 5.96. The molecule has 1 fully saturated rings. The van der Waals surface area contributed by atoms with Gasteiger partial charge >= 0.3 is 0 Å². The first kappa shape index (κ1) is 13.5. The smallest absolute Gasteiger partial charge is 0.251 e. The quantitative estimate of drug-likeness (QED) is 0.733. The Morgan fingerprint density at radius 1 is 1.37 bits per heavy atom. The van der Waals surface area contributed by atoms with Crippen molar-refractivity contribution < 1.29 is 14.7 Å². The van der Waals surface area contributed by atoms with Gasteiger partial charge in [-0.1, -0.05) is 17.7 Å². The Kier molecular flexibility index (Phi) is 4.16. The van der Waals surface area contributed by atoms with Crippen molar-refractivity contribution in [3.05, 3.63) is 35.4 Å². The molecule has 1 aromatic carbocycles. The van der Waals surface area contributed by atoms with E-state index >= 15 is 0 Å². The van der Waals surface area contributed by atoms with Gasteiger partial charge in [-0.15, -0.1) is 0 Å². The topological polar surface area (TPSA) is 78.4 Å². The molecule has 0 saturated heterocycles. The van der Waals surface area contributed by atoms with Crippen LogP contribution < -0.4 is 10.6 Å². The van der Waals surface area contributed by atoms with Crippen LogP contribution in [0.2, 0.25) is 0 Å². The Balaban J connectivity index is 1.75. The van der Waals surface area contributed by atoms with Crippen molar-refractivity contribution in [1.82, 2.24) is 10.6 Å². The van der Waals surface area contributed by atoms with Gasteiger partial charge in [0.05, 0.1) is 12.6 Å². The van der Waals surface area contributed by atoms with E-state index in [4.69, 9.17) is 5.11 Å². The maximum Gasteiger partial charge on any atom is 0.251 e. The summed E-state index contributed by atoms with van der Waals surface area (Å²) in [6.07, 6.45) is 0.891. The zero-order valence-electron chi connectivity index (χ0n) is 10.8. The molecule has 0 heterocycles. The van der Waals surface area contributed by atoms with Crippen LogP contribution in [0.1, 0.15) is 28.8 Å². The van der Waals surface area contributed by atoms with E-state index in [2.05, 4.69) is 10.6 Å². The number of hydrogen-bond donors (Lipinski definition) is 3. The minimum absolute atomic E-state index is 0.0402. The first-order valence-corrected chi connectivity index (χ1v) is 6.37. The molecule has 0 unspecified atom stereocenters. The molecule has 0 aliphatic heterocycles. The second-order valence-electron chi connectivity index (χ2n) is 4.94. The molecule has 102 valence electrons. The van der Waals surface area contributed by atoms with Crippen LogP contribution in [0.4, 0.5) is 0 Å². The fraction of sp³-hybridized carbons (Fsp3) is 0.429. The average molecular weight is 262 g/mol. The number of hydrogen-bond acceptors (Lipinski definition) is 3. The Hall–Kier alpha value is -1.88. The van der Waals surface area contributed by atoms with E-state index in [-0.39, 0.29) is 30.5 Å². The van der Waals surface area contributed by atoms with Gasteiger partial charge in [0, 0.05) is 11.6 Å². The highest BCUT2D eigenvalue weighted by Gasteiger charge is 2.28. The molecule has 0 spiro atoms. The summed E-state index contributed by atoms with van der Waals surface area (Å²) in [5.41, 5.74) is 1.55. The van der Waals surface area contributed by atoms with E-state index in [1.165, 1.54) is 0 Å². The number of amides is 2. The predicted molar refractivity (Wildman–Crippen MR) is 70.7 cm³/mol. The molecule has 0 bridgehead atoms. The van der Waals surface area contributed by atoms with Gasteiger partial charge in [-0.2, -0.15) is 0 Å². The number of aryl methyl sites for hydroxylation is 1. The monoisotopic (exact) mass is 262 g/mol. The normalized spacial score (nSPS) is 21.4. The number of benzene rings is 1. The van der Waals surface area contributed by atoms with Gasteiger partial charge in [0.15, 0.2) is 0 Å². The van der Waals surface area contributed by atoms with Crippen LogP contribution in [0.15, 0.2) is 24.3 Å². The Bertz CT molecular complexity index is 481. The summed E-state index contributed by atoms with van der Waals surface area (Å²) in [7, 11) is 0. The van der Waals surface area contributed by atoms with Gasteiger partial charge in [-0.25, -0.2) is 0 Å². The zero-order chi connectivity index (χ0) is 13.8. The van der Waals surface area contributed by atoms with E-state index in [9.17, 15) is 9.59 Å². The first-order chi connectivity index (χ1) is 9.04. The molecule has 1 aromatic rings. The summed E-state index contributed by atoms with van der Waals surface area (Å²) in [6, 6.07) is 7.24. The molecular weight excluding hydrogens is 244 g/mol. The van der Waals surface area contributed by atoms with Gasteiger partial charge in [-0.05, 0) is 31.9 Å². The summed E-state index contributed by atoms with van der Waals surface area (Å²) < 4.78 is 0. The molecule has 19 heavy (non-hydrogen) atoms. The fourth-order valence-electron chi connectivity index (χ4n) is 2.03. The van der Waals surface area contributed by atoms with Crippen LogP contribution in [-0.4, -0.2) is 35.6 Å². The van der Waals surface area contributed by atoms with Crippen LogP contribution in [-0.2, 0) is 4.79 Å². The van der Waals surface area contributed by atoms with Crippen molar-refractivity contribution in [3.63, 3.8) is 0 Å². The highest BCUT2D eigenvalue weighted by Crippen LogP contribution is 2.18. The molecular formula is C14H18N2O3. The number of carbonyl (C=O) groups is 2. The van der Waals surface area contributed by atoms with Crippen molar-refractivity contribution in [1.29, 1.82) is 0 Å². The third-order valence-corrected chi connectivity index (χ3v) is 3.17. The van der Waals surface area contributed by atoms with Gasteiger partial charge in [0.25, 0.3) is 5.91 Å². The molecule has 2 rings (SSSR count). The van der Waals surface area contributed by atoms with E-state index in [1.54, 1.807) is 18.2 Å². The molecule has 0 aromatic heterocycles. The standard InChI is InChI=1S/C14H18N2O3/c1-9-3-2-4-10(5-9)14(19)15-8-13(18)16-11-6-12(17)7-11/h2-5,11-12,17H,6-8H2,1H3,(H,15,19)(H,16,18). The highest BCUT2D eigenvalue weighted by atomic mass is 16.3. The lowest BCUT2D eigenvalue weighted by Crippen LogP contribution is -2.49. The first-order valence-electron chi connectivity index (χ1n) is 6.37. The van der Waals surface area contributed by atoms with Crippen LogP contribution >= 0.6 is 0 Å². The van der Waals surface area contributed by atoms with E-state index in [0.717, 1.165) is 5.56 Å². The van der Waals surface area contributed by atoms with E-state index in [0.29, 0.717) is 18.4 Å². The molecule has 5 nitrogen and oxygen atoms in total. The molecule has 3 N–H and O–H groups in total. The second kappa shape index (κ2) is 5.84. The fourth-order valence-corrected chi connectivity index (χ4v) is 2.03. The maximum absolute atomic E-state index is 11.8. The van der Waals surface area contributed by atoms with E-state index < -0.39 is 0 Å². The lowest BCUT2D eigenvalue weighted by molar-refractivity contribution is -0.122. The Morgan fingerprint density at radius 3 is 2.74 bits per heavy atom. The number of aliphatic hydroxyl groups excluding tert-OH is 1. The molecule has 1 saturated carbocycles. The summed E-state index contributed by atoms with van der Waals surface area (Å²) >= 11 is 0. The van der Waals surface area contributed by atoms with E-state index in [1.807, 2.05) is 13.0 Å². The lowest BCUT2D eigenvalue weighted by Gasteiger charge is -2.31. The van der Waals surface area contributed by atoms with Crippen LogP contribution in [0.3, 0.4) is 0 Å². The Morgan fingerprint density at radius 2 is 2.11 bits per heavy atom. The molecule has 1 aliphatic rings. The maximum atomic E-state index is 11.8. The van der Waals surface area contributed by atoms with Crippen LogP contribution in [0, 0.1) is 6.92 Å². The van der Waals surface area contributed by atoms with Gasteiger partial charge in [0.2, 0.25) is 5.91 Å². The summed E-state index contributed by atoms with van der Waals surface area (Å²) in [6.45, 7) is 1.87. The molecule has 0 atom stereocenters. The number of rotatable bonds is 4. The number of carbonyl (C=O) groups excluding carboxylic acids is 2. The molecule has 0 radical (unpaired) electrons. The molecule has 5 heteroatoms.